The van der Waals surface area contributed by atoms with E-state index in [2.05, 4.69) is 5.32 Å². The van der Waals surface area contributed by atoms with E-state index in [-0.39, 0.29) is 5.54 Å². The summed E-state index contributed by atoms with van der Waals surface area (Å²) in [6, 6.07) is 0.750. The SMILES string of the molecule is NC1(CNC2CC3CC3C2)CCOC1. The first kappa shape index (κ1) is 9.13. The van der Waals surface area contributed by atoms with Gasteiger partial charge in [-0.2, -0.15) is 0 Å². The van der Waals surface area contributed by atoms with E-state index >= 15 is 0 Å². The summed E-state index contributed by atoms with van der Waals surface area (Å²) >= 11 is 0. The molecular formula is C11H20N2O. The maximum Gasteiger partial charge on any atom is 0.0659 e. The van der Waals surface area contributed by atoms with Gasteiger partial charge in [0, 0.05) is 19.2 Å². The van der Waals surface area contributed by atoms with E-state index < -0.39 is 0 Å². The van der Waals surface area contributed by atoms with E-state index in [1.54, 1.807) is 0 Å². The van der Waals surface area contributed by atoms with Crippen molar-refractivity contribution in [2.24, 2.45) is 17.6 Å². The molecule has 0 bridgehead atoms. The zero-order valence-electron chi connectivity index (χ0n) is 8.67. The highest BCUT2D eigenvalue weighted by Crippen LogP contribution is 2.51. The first-order valence-electron chi connectivity index (χ1n) is 5.85. The molecule has 3 atom stereocenters. The van der Waals surface area contributed by atoms with Crippen LogP contribution in [-0.2, 0) is 4.74 Å². The summed E-state index contributed by atoms with van der Waals surface area (Å²) in [5.74, 6) is 2.11. The average Bonchev–Trinajstić information content (AvgIpc) is 2.65. The zero-order valence-corrected chi connectivity index (χ0v) is 8.67. The third-order valence-corrected chi connectivity index (χ3v) is 4.12. The van der Waals surface area contributed by atoms with Crippen molar-refractivity contribution in [2.75, 3.05) is 19.8 Å². The molecule has 80 valence electrons. The molecule has 0 aromatic heterocycles. The summed E-state index contributed by atoms with van der Waals surface area (Å²) in [6.07, 6.45) is 5.29. The van der Waals surface area contributed by atoms with Gasteiger partial charge in [0.05, 0.1) is 12.1 Å². The topological polar surface area (TPSA) is 47.3 Å². The minimum absolute atomic E-state index is 0.0766. The van der Waals surface area contributed by atoms with Crippen LogP contribution in [0.4, 0.5) is 0 Å². The first-order valence-corrected chi connectivity index (χ1v) is 5.85. The van der Waals surface area contributed by atoms with Crippen LogP contribution in [0.1, 0.15) is 25.7 Å². The second-order valence-corrected chi connectivity index (χ2v) is 5.47. The standard InChI is InChI=1S/C11H20N2O/c12-11(1-2-14-7-11)6-13-10-4-8-3-9(8)5-10/h8-10,13H,1-7,12H2. The van der Waals surface area contributed by atoms with Gasteiger partial charge in [0.25, 0.3) is 0 Å². The van der Waals surface area contributed by atoms with Gasteiger partial charge in [0.15, 0.2) is 0 Å². The van der Waals surface area contributed by atoms with Crippen molar-refractivity contribution < 1.29 is 4.74 Å². The van der Waals surface area contributed by atoms with E-state index in [0.29, 0.717) is 0 Å². The van der Waals surface area contributed by atoms with Crippen molar-refractivity contribution in [3.8, 4) is 0 Å². The molecule has 2 saturated carbocycles. The summed E-state index contributed by atoms with van der Waals surface area (Å²) in [5, 5.41) is 3.62. The van der Waals surface area contributed by atoms with Crippen molar-refractivity contribution in [3.05, 3.63) is 0 Å². The van der Waals surface area contributed by atoms with Gasteiger partial charge in [-0.15, -0.1) is 0 Å². The Morgan fingerprint density at radius 1 is 1.29 bits per heavy atom. The predicted octanol–water partition coefficient (Wildman–Crippen LogP) is 0.492. The van der Waals surface area contributed by atoms with E-state index in [0.717, 1.165) is 44.1 Å². The molecule has 0 radical (unpaired) electrons. The zero-order chi connectivity index (χ0) is 9.60. The molecule has 1 heterocycles. The highest BCUT2D eigenvalue weighted by atomic mass is 16.5. The largest absolute Gasteiger partial charge is 0.379 e. The molecule has 3 aliphatic rings. The maximum absolute atomic E-state index is 6.20. The van der Waals surface area contributed by atoms with Gasteiger partial charge in [-0.25, -0.2) is 0 Å². The van der Waals surface area contributed by atoms with Crippen molar-refractivity contribution in [3.63, 3.8) is 0 Å². The quantitative estimate of drug-likeness (QED) is 0.690. The Morgan fingerprint density at radius 2 is 2.07 bits per heavy atom. The van der Waals surface area contributed by atoms with Crippen molar-refractivity contribution >= 4 is 0 Å². The molecule has 0 aromatic carbocycles. The van der Waals surface area contributed by atoms with Crippen LogP contribution in [0.2, 0.25) is 0 Å². The normalized spacial score (nSPS) is 50.8. The molecule has 3 N–H and O–H groups in total. The second kappa shape index (κ2) is 3.19. The summed E-state index contributed by atoms with van der Waals surface area (Å²) in [4.78, 5) is 0. The fourth-order valence-corrected chi connectivity index (χ4v) is 2.99. The monoisotopic (exact) mass is 196 g/mol. The van der Waals surface area contributed by atoms with Gasteiger partial charge in [-0.3, -0.25) is 0 Å². The first-order chi connectivity index (χ1) is 6.75. The molecule has 1 aliphatic heterocycles. The van der Waals surface area contributed by atoms with Gasteiger partial charge < -0.3 is 15.8 Å². The Morgan fingerprint density at radius 3 is 2.71 bits per heavy atom. The Labute approximate surface area is 85.4 Å². The van der Waals surface area contributed by atoms with Crippen molar-refractivity contribution in [1.29, 1.82) is 0 Å². The Kier molecular flexibility index (Phi) is 2.08. The second-order valence-electron chi connectivity index (χ2n) is 5.47. The number of hydrogen-bond donors (Lipinski definition) is 2. The lowest BCUT2D eigenvalue weighted by Gasteiger charge is -2.25. The highest BCUT2D eigenvalue weighted by molar-refractivity contribution is 5.00. The molecule has 0 amide bonds. The van der Waals surface area contributed by atoms with E-state index in [1.807, 2.05) is 0 Å². The summed E-state index contributed by atoms with van der Waals surface area (Å²) < 4.78 is 5.34. The molecule has 3 heteroatoms. The molecule has 0 aromatic rings. The predicted molar refractivity (Wildman–Crippen MR) is 55.0 cm³/mol. The fourth-order valence-electron chi connectivity index (χ4n) is 2.99. The van der Waals surface area contributed by atoms with Gasteiger partial charge in [-0.1, -0.05) is 0 Å². The molecule has 3 rings (SSSR count). The van der Waals surface area contributed by atoms with Crippen LogP contribution >= 0.6 is 0 Å². The molecule has 3 nitrogen and oxygen atoms in total. The number of hydrogen-bond acceptors (Lipinski definition) is 3. The highest BCUT2D eigenvalue weighted by Gasteiger charge is 2.46. The van der Waals surface area contributed by atoms with E-state index in [4.69, 9.17) is 10.5 Å². The van der Waals surface area contributed by atoms with E-state index in [1.165, 1.54) is 19.3 Å². The lowest BCUT2D eigenvalue weighted by atomic mass is 9.99. The van der Waals surface area contributed by atoms with Crippen LogP contribution in [0.3, 0.4) is 0 Å². The van der Waals surface area contributed by atoms with Crippen LogP contribution in [0.15, 0.2) is 0 Å². The lowest BCUT2D eigenvalue weighted by molar-refractivity contribution is 0.176. The fraction of sp³-hybridized carbons (Fsp3) is 1.00. The number of rotatable bonds is 3. The molecule has 3 unspecified atom stereocenters. The van der Waals surface area contributed by atoms with Gasteiger partial charge in [0.2, 0.25) is 0 Å². The number of fused-ring (bicyclic) bond motifs is 1. The van der Waals surface area contributed by atoms with Crippen LogP contribution < -0.4 is 11.1 Å². The Bertz CT molecular complexity index is 215. The summed E-state index contributed by atoms with van der Waals surface area (Å²) in [7, 11) is 0. The number of ether oxygens (including phenoxy) is 1. The molecule has 2 aliphatic carbocycles. The Balaban J connectivity index is 1.45. The number of nitrogens with two attached hydrogens (primary N) is 1. The maximum atomic E-state index is 6.20. The van der Waals surface area contributed by atoms with Crippen LogP contribution in [-0.4, -0.2) is 31.3 Å². The van der Waals surface area contributed by atoms with Crippen molar-refractivity contribution in [2.45, 2.75) is 37.3 Å². The number of nitrogens with one attached hydrogen (secondary N) is 1. The third-order valence-electron chi connectivity index (χ3n) is 4.12. The van der Waals surface area contributed by atoms with Gasteiger partial charge in [-0.05, 0) is 37.5 Å². The van der Waals surface area contributed by atoms with Crippen molar-refractivity contribution in [1.82, 2.24) is 5.32 Å². The molecule has 14 heavy (non-hydrogen) atoms. The average molecular weight is 196 g/mol. The smallest absolute Gasteiger partial charge is 0.0659 e. The molecule has 0 spiro atoms. The Hall–Kier alpha value is -0.120. The minimum atomic E-state index is -0.0766. The summed E-state index contributed by atoms with van der Waals surface area (Å²) in [6.45, 7) is 2.52. The molecule has 1 saturated heterocycles. The van der Waals surface area contributed by atoms with Crippen LogP contribution in [0.25, 0.3) is 0 Å². The van der Waals surface area contributed by atoms with Crippen LogP contribution in [0, 0.1) is 11.8 Å². The van der Waals surface area contributed by atoms with Crippen LogP contribution in [0.5, 0.6) is 0 Å². The van der Waals surface area contributed by atoms with E-state index in [9.17, 15) is 0 Å². The lowest BCUT2D eigenvalue weighted by Crippen LogP contribution is -2.51. The van der Waals surface area contributed by atoms with Gasteiger partial charge >= 0.3 is 0 Å². The minimum Gasteiger partial charge on any atom is -0.379 e. The molecular weight excluding hydrogens is 176 g/mol. The summed E-state index contributed by atoms with van der Waals surface area (Å²) in [5.41, 5.74) is 6.12. The van der Waals surface area contributed by atoms with Gasteiger partial charge in [0.1, 0.15) is 0 Å². The molecule has 3 fully saturated rings. The third kappa shape index (κ3) is 1.69.